The Morgan fingerprint density at radius 2 is 2.00 bits per heavy atom. The Labute approximate surface area is 105 Å². The predicted octanol–water partition coefficient (Wildman–Crippen LogP) is 1.98. The molecule has 2 rings (SSSR count). The summed E-state index contributed by atoms with van der Waals surface area (Å²) in [4.78, 5) is 8.20. The summed E-state index contributed by atoms with van der Waals surface area (Å²) in [6, 6.07) is 3.94. The maximum Gasteiger partial charge on any atom is 0.237 e. The van der Waals surface area contributed by atoms with E-state index in [-0.39, 0.29) is 5.82 Å². The zero-order valence-corrected chi connectivity index (χ0v) is 10.2. The van der Waals surface area contributed by atoms with Crippen molar-refractivity contribution in [2.24, 2.45) is 5.73 Å². The first kappa shape index (κ1) is 12.4. The fourth-order valence-electron chi connectivity index (χ4n) is 1.80. The van der Waals surface area contributed by atoms with Crippen molar-refractivity contribution in [2.75, 3.05) is 7.11 Å². The molecular weight excluding hydrogens is 233 g/mol. The number of rotatable bonds is 3. The highest BCUT2D eigenvalue weighted by atomic mass is 19.1. The Morgan fingerprint density at radius 1 is 1.28 bits per heavy atom. The van der Waals surface area contributed by atoms with Gasteiger partial charge in [-0.3, -0.25) is 4.98 Å². The van der Waals surface area contributed by atoms with Crippen LogP contribution in [0.2, 0.25) is 0 Å². The maximum atomic E-state index is 13.3. The summed E-state index contributed by atoms with van der Waals surface area (Å²) in [7, 11) is 1.50. The molecule has 1 heterocycles. The fraction of sp³-hybridized carbons (Fsp3) is 0.231. The smallest absolute Gasteiger partial charge is 0.237 e. The second kappa shape index (κ2) is 5.10. The second-order valence-corrected chi connectivity index (χ2v) is 3.93. The standard InChI is InChI=1S/C13H14FN3O/c1-8-3-4-9(14)7-10(8)11(15)12-13(18-2)17-6-5-16-12/h3-7,11H,15H2,1-2H3. The van der Waals surface area contributed by atoms with Crippen molar-refractivity contribution in [1.29, 1.82) is 0 Å². The van der Waals surface area contributed by atoms with Gasteiger partial charge in [0.15, 0.2) is 0 Å². The van der Waals surface area contributed by atoms with Crippen LogP contribution in [0, 0.1) is 12.7 Å². The largest absolute Gasteiger partial charge is 0.480 e. The summed E-state index contributed by atoms with van der Waals surface area (Å²) < 4.78 is 18.4. The minimum absolute atomic E-state index is 0.325. The number of hydrogen-bond acceptors (Lipinski definition) is 4. The van der Waals surface area contributed by atoms with Crippen molar-refractivity contribution in [3.05, 3.63) is 53.2 Å². The van der Waals surface area contributed by atoms with Crippen LogP contribution in [0.1, 0.15) is 22.9 Å². The number of benzene rings is 1. The molecule has 0 aliphatic heterocycles. The molecule has 2 N–H and O–H groups in total. The van der Waals surface area contributed by atoms with Gasteiger partial charge in [0.25, 0.3) is 0 Å². The molecule has 0 fully saturated rings. The molecule has 0 amide bonds. The topological polar surface area (TPSA) is 61.0 Å². The molecule has 0 saturated heterocycles. The van der Waals surface area contributed by atoms with E-state index in [4.69, 9.17) is 10.5 Å². The summed E-state index contributed by atoms with van der Waals surface area (Å²) in [6.45, 7) is 1.87. The van der Waals surface area contributed by atoms with E-state index in [0.29, 0.717) is 17.1 Å². The number of aryl methyl sites for hydroxylation is 1. The molecule has 1 aromatic heterocycles. The van der Waals surface area contributed by atoms with Crippen molar-refractivity contribution in [3.8, 4) is 5.88 Å². The van der Waals surface area contributed by atoms with E-state index in [0.717, 1.165) is 5.56 Å². The molecule has 2 aromatic rings. The van der Waals surface area contributed by atoms with Crippen molar-refractivity contribution in [3.63, 3.8) is 0 Å². The second-order valence-electron chi connectivity index (χ2n) is 3.93. The third-order valence-corrected chi connectivity index (χ3v) is 2.76. The highest BCUT2D eigenvalue weighted by Crippen LogP contribution is 2.26. The van der Waals surface area contributed by atoms with Gasteiger partial charge in [-0.05, 0) is 30.2 Å². The number of halogens is 1. The number of hydrogen-bond donors (Lipinski definition) is 1. The number of ether oxygens (including phenoxy) is 1. The molecule has 0 saturated carbocycles. The van der Waals surface area contributed by atoms with Crippen molar-refractivity contribution < 1.29 is 9.13 Å². The van der Waals surface area contributed by atoms with Gasteiger partial charge in [-0.25, -0.2) is 9.37 Å². The Balaban J connectivity index is 2.47. The van der Waals surface area contributed by atoms with E-state index in [2.05, 4.69) is 9.97 Å². The average molecular weight is 247 g/mol. The van der Waals surface area contributed by atoms with Gasteiger partial charge in [-0.1, -0.05) is 6.07 Å². The van der Waals surface area contributed by atoms with Gasteiger partial charge in [0.2, 0.25) is 5.88 Å². The quantitative estimate of drug-likeness (QED) is 0.900. The lowest BCUT2D eigenvalue weighted by Crippen LogP contribution is -2.16. The third-order valence-electron chi connectivity index (χ3n) is 2.76. The van der Waals surface area contributed by atoms with Crippen LogP contribution in [0.5, 0.6) is 5.88 Å². The lowest BCUT2D eigenvalue weighted by atomic mass is 9.99. The summed E-state index contributed by atoms with van der Waals surface area (Å²) >= 11 is 0. The van der Waals surface area contributed by atoms with Crippen molar-refractivity contribution >= 4 is 0 Å². The fourth-order valence-corrected chi connectivity index (χ4v) is 1.80. The van der Waals surface area contributed by atoms with Crippen LogP contribution in [-0.2, 0) is 0 Å². The lowest BCUT2D eigenvalue weighted by Gasteiger charge is -2.16. The molecule has 94 valence electrons. The molecule has 18 heavy (non-hydrogen) atoms. The molecule has 1 atom stereocenters. The minimum atomic E-state index is -0.565. The first-order valence-electron chi connectivity index (χ1n) is 5.50. The van der Waals surface area contributed by atoms with Crippen molar-refractivity contribution in [2.45, 2.75) is 13.0 Å². The van der Waals surface area contributed by atoms with Gasteiger partial charge < -0.3 is 10.5 Å². The average Bonchev–Trinajstić information content (AvgIpc) is 2.40. The normalized spacial score (nSPS) is 12.2. The number of nitrogens with two attached hydrogens (primary N) is 1. The van der Waals surface area contributed by atoms with Crippen LogP contribution in [0.25, 0.3) is 0 Å². The summed E-state index contributed by atoms with van der Waals surface area (Å²) in [5.74, 6) is 0.0302. The molecule has 5 heteroatoms. The van der Waals surface area contributed by atoms with Gasteiger partial charge in [-0.15, -0.1) is 0 Å². The van der Waals surface area contributed by atoms with Crippen LogP contribution < -0.4 is 10.5 Å². The van der Waals surface area contributed by atoms with E-state index in [1.807, 2.05) is 6.92 Å². The molecule has 0 radical (unpaired) electrons. The number of methoxy groups -OCH3 is 1. The number of nitrogens with zero attached hydrogens (tertiary/aromatic N) is 2. The van der Waals surface area contributed by atoms with E-state index >= 15 is 0 Å². The molecule has 0 aliphatic rings. The summed E-state index contributed by atoms with van der Waals surface area (Å²) in [5, 5.41) is 0. The summed E-state index contributed by atoms with van der Waals surface area (Å²) in [6.07, 6.45) is 3.06. The van der Waals surface area contributed by atoms with Crippen LogP contribution >= 0.6 is 0 Å². The van der Waals surface area contributed by atoms with Crippen LogP contribution in [0.3, 0.4) is 0 Å². The molecular formula is C13H14FN3O. The molecule has 1 aromatic carbocycles. The van der Waals surface area contributed by atoms with Gasteiger partial charge in [0.05, 0.1) is 13.2 Å². The Morgan fingerprint density at radius 3 is 2.72 bits per heavy atom. The van der Waals surface area contributed by atoms with Gasteiger partial charge in [0, 0.05) is 12.4 Å². The van der Waals surface area contributed by atoms with Crippen LogP contribution in [-0.4, -0.2) is 17.1 Å². The van der Waals surface area contributed by atoms with Crippen LogP contribution in [0.4, 0.5) is 4.39 Å². The van der Waals surface area contributed by atoms with E-state index < -0.39 is 6.04 Å². The highest BCUT2D eigenvalue weighted by molar-refractivity contribution is 5.37. The Bertz CT molecular complexity index is 560. The zero-order chi connectivity index (χ0) is 13.1. The SMILES string of the molecule is COc1nccnc1C(N)c1cc(F)ccc1C. The Hall–Kier alpha value is -2.01. The first-order valence-corrected chi connectivity index (χ1v) is 5.50. The minimum Gasteiger partial charge on any atom is -0.480 e. The summed E-state index contributed by atoms with van der Waals surface area (Å²) in [5.41, 5.74) is 8.18. The molecule has 0 bridgehead atoms. The predicted molar refractivity (Wildman–Crippen MR) is 65.8 cm³/mol. The van der Waals surface area contributed by atoms with Crippen molar-refractivity contribution in [1.82, 2.24) is 9.97 Å². The van der Waals surface area contributed by atoms with Gasteiger partial charge >= 0.3 is 0 Å². The lowest BCUT2D eigenvalue weighted by molar-refractivity contribution is 0.387. The Kier molecular flexibility index (Phi) is 3.53. The van der Waals surface area contributed by atoms with E-state index in [1.165, 1.54) is 31.6 Å². The molecule has 0 spiro atoms. The van der Waals surface area contributed by atoms with Gasteiger partial charge in [0.1, 0.15) is 11.5 Å². The molecule has 4 nitrogen and oxygen atoms in total. The monoisotopic (exact) mass is 247 g/mol. The number of aromatic nitrogens is 2. The first-order chi connectivity index (χ1) is 8.63. The zero-order valence-electron chi connectivity index (χ0n) is 10.2. The molecule has 1 unspecified atom stereocenters. The molecule has 0 aliphatic carbocycles. The highest BCUT2D eigenvalue weighted by Gasteiger charge is 2.18. The van der Waals surface area contributed by atoms with Crippen LogP contribution in [0.15, 0.2) is 30.6 Å². The third kappa shape index (κ3) is 2.31. The van der Waals surface area contributed by atoms with E-state index in [1.54, 1.807) is 6.07 Å². The maximum absolute atomic E-state index is 13.3. The van der Waals surface area contributed by atoms with E-state index in [9.17, 15) is 4.39 Å². The van der Waals surface area contributed by atoms with Gasteiger partial charge in [-0.2, -0.15) is 0 Å².